The van der Waals surface area contributed by atoms with Crippen LogP contribution in [-0.4, -0.2) is 29.1 Å². The number of hydrogen-bond acceptors (Lipinski definition) is 7. The van der Waals surface area contributed by atoms with E-state index in [9.17, 15) is 9.59 Å². The highest BCUT2D eigenvalue weighted by Crippen LogP contribution is 2.22. The Hall–Kier alpha value is -2.95. The van der Waals surface area contributed by atoms with Crippen LogP contribution in [0.4, 0.5) is 0 Å². The van der Waals surface area contributed by atoms with Crippen LogP contribution in [0.5, 0.6) is 0 Å². The lowest BCUT2D eigenvalue weighted by Crippen LogP contribution is -2.15. The third-order valence-corrected chi connectivity index (χ3v) is 6.54. The Morgan fingerprint density at radius 3 is 2.93 bits per heavy atom. The number of halogens is 1. The number of thiazole rings is 1. The molecule has 150 valence electrons. The molecule has 5 rings (SSSR count). The Labute approximate surface area is 182 Å². The summed E-state index contributed by atoms with van der Waals surface area (Å²) in [5.41, 5.74) is 2.22. The van der Waals surface area contributed by atoms with E-state index in [-0.39, 0.29) is 11.1 Å². The fourth-order valence-corrected chi connectivity index (χ4v) is 4.90. The molecule has 30 heavy (non-hydrogen) atoms. The Bertz CT molecular complexity index is 1530. The van der Waals surface area contributed by atoms with Gasteiger partial charge in [0.2, 0.25) is 0 Å². The van der Waals surface area contributed by atoms with Gasteiger partial charge in [0.25, 0.3) is 11.1 Å². The molecule has 0 fully saturated rings. The lowest BCUT2D eigenvalue weighted by Gasteiger charge is -2.05. The molecule has 0 aliphatic carbocycles. The molecule has 0 atom stereocenters. The van der Waals surface area contributed by atoms with Gasteiger partial charge in [-0.25, -0.2) is 14.6 Å². The molecule has 0 aliphatic rings. The predicted octanol–water partition coefficient (Wildman–Crippen LogP) is 3.43. The van der Waals surface area contributed by atoms with Crippen molar-refractivity contribution in [3.05, 3.63) is 79.0 Å². The van der Waals surface area contributed by atoms with Crippen LogP contribution in [0.25, 0.3) is 21.7 Å². The summed E-state index contributed by atoms with van der Waals surface area (Å²) >= 11 is 8.80. The minimum atomic E-state index is -0.284. The van der Waals surface area contributed by atoms with Crippen LogP contribution < -0.4 is 11.1 Å². The van der Waals surface area contributed by atoms with E-state index in [1.54, 1.807) is 27.3 Å². The lowest BCUT2D eigenvalue weighted by atomic mass is 10.3. The van der Waals surface area contributed by atoms with E-state index < -0.39 is 0 Å². The van der Waals surface area contributed by atoms with Gasteiger partial charge in [-0.15, -0.1) is 11.3 Å². The van der Waals surface area contributed by atoms with Gasteiger partial charge in [-0.2, -0.15) is 5.10 Å². The topological polar surface area (TPSA) is 97.9 Å². The maximum Gasteiger partial charge on any atom is 0.262 e. The summed E-state index contributed by atoms with van der Waals surface area (Å²) in [4.78, 5) is 37.3. The summed E-state index contributed by atoms with van der Waals surface area (Å²) in [6.45, 7) is 1.87. The van der Waals surface area contributed by atoms with Gasteiger partial charge >= 0.3 is 0 Å². The van der Waals surface area contributed by atoms with Gasteiger partial charge in [0.15, 0.2) is 15.8 Å². The van der Waals surface area contributed by atoms with Crippen molar-refractivity contribution in [1.29, 1.82) is 0 Å². The van der Waals surface area contributed by atoms with Crippen LogP contribution in [0.2, 0.25) is 5.02 Å². The van der Waals surface area contributed by atoms with Gasteiger partial charge in [-0.3, -0.25) is 14.0 Å². The fraction of sp³-hybridized carbons (Fsp3) is 0.105. The largest absolute Gasteiger partial charge is 0.301 e. The summed E-state index contributed by atoms with van der Waals surface area (Å²) in [6.07, 6.45) is 1.48. The molecule has 0 aliphatic heterocycles. The molecular formula is C19H13ClN6O2S2. The number of H-pyrrole nitrogens is 1. The summed E-state index contributed by atoms with van der Waals surface area (Å²) in [5.74, 6) is 0.391. The maximum atomic E-state index is 12.5. The normalized spacial score (nSPS) is 11.5. The van der Waals surface area contributed by atoms with E-state index in [0.717, 1.165) is 5.69 Å². The van der Waals surface area contributed by atoms with Gasteiger partial charge < -0.3 is 4.98 Å². The molecule has 0 radical (unpaired) electrons. The van der Waals surface area contributed by atoms with Crippen molar-refractivity contribution in [2.45, 2.75) is 17.8 Å². The molecule has 4 heterocycles. The first kappa shape index (κ1) is 19.0. The smallest absolute Gasteiger partial charge is 0.262 e. The third kappa shape index (κ3) is 3.32. The van der Waals surface area contributed by atoms with Crippen molar-refractivity contribution in [3.8, 4) is 5.69 Å². The van der Waals surface area contributed by atoms with E-state index in [4.69, 9.17) is 11.6 Å². The molecule has 5 aromatic rings. The van der Waals surface area contributed by atoms with Crippen LogP contribution in [0.1, 0.15) is 11.4 Å². The molecule has 0 unspecified atom stereocenters. The van der Waals surface area contributed by atoms with Crippen molar-refractivity contribution < 1.29 is 0 Å². The fourth-order valence-electron chi connectivity index (χ4n) is 3.08. The van der Waals surface area contributed by atoms with Gasteiger partial charge in [0.05, 0.1) is 17.6 Å². The quantitative estimate of drug-likeness (QED) is 0.328. The minimum absolute atomic E-state index is 0.120. The van der Waals surface area contributed by atoms with Crippen LogP contribution in [0.15, 0.2) is 56.7 Å². The molecule has 1 aromatic carbocycles. The molecule has 0 spiro atoms. The molecule has 11 heteroatoms. The Balaban J connectivity index is 1.50. The number of nitrogens with one attached hydrogen (secondary N) is 1. The summed E-state index contributed by atoms with van der Waals surface area (Å²) in [5, 5.41) is 7.54. The van der Waals surface area contributed by atoms with Crippen LogP contribution >= 0.6 is 34.7 Å². The van der Waals surface area contributed by atoms with E-state index >= 15 is 0 Å². The number of hydrogen-bond donors (Lipinski definition) is 1. The minimum Gasteiger partial charge on any atom is -0.301 e. The molecule has 0 bridgehead atoms. The Morgan fingerprint density at radius 2 is 2.10 bits per heavy atom. The highest BCUT2D eigenvalue weighted by Gasteiger charge is 2.13. The highest BCUT2D eigenvalue weighted by atomic mass is 35.5. The van der Waals surface area contributed by atoms with Crippen LogP contribution in [0, 0.1) is 6.92 Å². The zero-order valence-electron chi connectivity index (χ0n) is 15.5. The van der Waals surface area contributed by atoms with E-state index in [0.29, 0.717) is 43.3 Å². The molecule has 8 nitrogen and oxygen atoms in total. The van der Waals surface area contributed by atoms with Crippen molar-refractivity contribution >= 4 is 50.7 Å². The molecule has 0 saturated carbocycles. The molecular weight excluding hydrogens is 444 g/mol. The third-order valence-electron chi connectivity index (χ3n) is 4.45. The highest BCUT2D eigenvalue weighted by molar-refractivity contribution is 7.98. The SMILES string of the molecule is Cc1csc2nc(CSc3nc4c(cnn4-c4cccc(Cl)c4)c(=O)[nH]3)cc(=O)n12. The number of benzene rings is 1. The monoisotopic (exact) mass is 456 g/mol. The Kier molecular flexibility index (Phi) is 4.69. The van der Waals surface area contributed by atoms with E-state index in [1.807, 2.05) is 18.4 Å². The lowest BCUT2D eigenvalue weighted by molar-refractivity contribution is 0.872. The van der Waals surface area contributed by atoms with Gasteiger partial charge in [0, 0.05) is 27.9 Å². The number of fused-ring (bicyclic) bond motifs is 2. The molecule has 0 amide bonds. The summed E-state index contributed by atoms with van der Waals surface area (Å²) in [7, 11) is 0. The van der Waals surface area contributed by atoms with Crippen molar-refractivity contribution in [1.82, 2.24) is 29.1 Å². The Morgan fingerprint density at radius 1 is 1.23 bits per heavy atom. The average Bonchev–Trinajstić information content (AvgIpc) is 3.31. The average molecular weight is 457 g/mol. The first-order chi connectivity index (χ1) is 14.5. The molecule has 0 saturated heterocycles. The predicted molar refractivity (Wildman–Crippen MR) is 118 cm³/mol. The second-order valence-corrected chi connectivity index (χ2v) is 8.75. The van der Waals surface area contributed by atoms with Crippen molar-refractivity contribution in [3.63, 3.8) is 0 Å². The number of rotatable bonds is 4. The summed E-state index contributed by atoms with van der Waals surface area (Å²) < 4.78 is 3.15. The van der Waals surface area contributed by atoms with E-state index in [2.05, 4.69) is 20.1 Å². The summed E-state index contributed by atoms with van der Waals surface area (Å²) in [6, 6.07) is 8.66. The number of thioether (sulfide) groups is 1. The van der Waals surface area contributed by atoms with Crippen molar-refractivity contribution in [2.24, 2.45) is 0 Å². The molecule has 1 N–H and O–H groups in total. The first-order valence-corrected chi connectivity index (χ1v) is 11.1. The van der Waals surface area contributed by atoms with Crippen molar-refractivity contribution in [2.75, 3.05) is 0 Å². The van der Waals surface area contributed by atoms with Crippen LogP contribution in [0.3, 0.4) is 0 Å². The number of nitrogens with zero attached hydrogens (tertiary/aromatic N) is 5. The zero-order chi connectivity index (χ0) is 20.8. The van der Waals surface area contributed by atoms with Crippen LogP contribution in [-0.2, 0) is 5.75 Å². The second-order valence-electron chi connectivity index (χ2n) is 6.51. The number of aromatic nitrogens is 6. The first-order valence-electron chi connectivity index (χ1n) is 8.83. The number of aromatic amines is 1. The van der Waals surface area contributed by atoms with Gasteiger partial charge in [0.1, 0.15) is 5.39 Å². The van der Waals surface area contributed by atoms with Gasteiger partial charge in [-0.05, 0) is 25.1 Å². The van der Waals surface area contributed by atoms with E-state index in [1.165, 1.54) is 35.4 Å². The number of aryl methyl sites for hydroxylation is 1. The maximum absolute atomic E-state index is 12.5. The second kappa shape index (κ2) is 7.38. The molecule has 4 aromatic heterocycles. The van der Waals surface area contributed by atoms with Gasteiger partial charge in [-0.1, -0.05) is 29.4 Å². The standard InChI is InChI=1S/C19H13ClN6O2S2/c1-10-8-30-19-22-12(6-15(27)25(10)19)9-29-18-23-16-14(17(28)24-18)7-21-26(16)13-4-2-3-11(20)5-13/h2-8H,9H2,1H3,(H,23,24,28). The zero-order valence-corrected chi connectivity index (χ0v) is 17.9.